The number of nitrogens with zero attached hydrogens (tertiary/aromatic N) is 3. The standard InChI is InChI=1S/C17H17ClN4O3/c1-10-7-11(2)22(20-10)15-4-3-12(8-13(15)18)19-14-9-16(24)21(5-6-23)17(14)25/h3-4,7-9,19,23H,5-6H2,1-2H3. The van der Waals surface area contributed by atoms with Crippen LogP contribution in [0.25, 0.3) is 5.69 Å². The number of carbonyl (C=O) groups excluding carboxylic acids is 2. The van der Waals surface area contributed by atoms with Gasteiger partial charge in [-0.15, -0.1) is 0 Å². The number of aliphatic hydroxyl groups is 1. The number of rotatable bonds is 5. The highest BCUT2D eigenvalue weighted by atomic mass is 35.5. The van der Waals surface area contributed by atoms with E-state index in [0.717, 1.165) is 22.0 Å². The van der Waals surface area contributed by atoms with Crippen LogP contribution >= 0.6 is 11.6 Å². The van der Waals surface area contributed by atoms with Crippen molar-refractivity contribution in [3.8, 4) is 5.69 Å². The second-order valence-corrected chi connectivity index (χ2v) is 6.11. The van der Waals surface area contributed by atoms with Crippen LogP contribution in [0, 0.1) is 13.8 Å². The van der Waals surface area contributed by atoms with E-state index in [0.29, 0.717) is 10.7 Å². The van der Waals surface area contributed by atoms with Crippen LogP contribution in [0.5, 0.6) is 0 Å². The van der Waals surface area contributed by atoms with E-state index in [1.165, 1.54) is 6.08 Å². The first kappa shape index (κ1) is 17.2. The zero-order chi connectivity index (χ0) is 18.1. The molecular weight excluding hydrogens is 344 g/mol. The average molecular weight is 361 g/mol. The smallest absolute Gasteiger partial charge is 0.277 e. The van der Waals surface area contributed by atoms with Crippen molar-refractivity contribution in [3.05, 3.63) is 52.4 Å². The summed E-state index contributed by atoms with van der Waals surface area (Å²) in [5.74, 6) is -0.926. The molecule has 2 heterocycles. The van der Waals surface area contributed by atoms with Crippen LogP contribution in [0.4, 0.5) is 5.69 Å². The van der Waals surface area contributed by atoms with E-state index in [-0.39, 0.29) is 18.8 Å². The maximum Gasteiger partial charge on any atom is 0.277 e. The van der Waals surface area contributed by atoms with Crippen molar-refractivity contribution >= 4 is 29.1 Å². The monoisotopic (exact) mass is 360 g/mol. The molecule has 0 unspecified atom stereocenters. The van der Waals surface area contributed by atoms with Crippen molar-refractivity contribution in [1.82, 2.24) is 14.7 Å². The molecule has 8 heteroatoms. The van der Waals surface area contributed by atoms with Gasteiger partial charge in [0.2, 0.25) is 0 Å². The molecule has 0 atom stereocenters. The lowest BCUT2D eigenvalue weighted by atomic mass is 10.2. The lowest BCUT2D eigenvalue weighted by Gasteiger charge is -2.14. The second kappa shape index (κ2) is 6.70. The van der Waals surface area contributed by atoms with Crippen LogP contribution in [-0.2, 0) is 9.59 Å². The third kappa shape index (κ3) is 3.29. The summed E-state index contributed by atoms with van der Waals surface area (Å²) in [6.07, 6.45) is 1.21. The number of imide groups is 1. The van der Waals surface area contributed by atoms with E-state index in [2.05, 4.69) is 10.4 Å². The summed E-state index contributed by atoms with van der Waals surface area (Å²) >= 11 is 6.36. The zero-order valence-corrected chi connectivity index (χ0v) is 14.5. The molecule has 25 heavy (non-hydrogen) atoms. The van der Waals surface area contributed by atoms with Gasteiger partial charge in [0.15, 0.2) is 0 Å². The van der Waals surface area contributed by atoms with Crippen molar-refractivity contribution in [1.29, 1.82) is 0 Å². The fourth-order valence-electron chi connectivity index (χ4n) is 2.69. The molecule has 0 radical (unpaired) electrons. The number of amides is 2. The minimum absolute atomic E-state index is 0.0308. The van der Waals surface area contributed by atoms with Crippen molar-refractivity contribution < 1.29 is 14.7 Å². The number of aryl methyl sites for hydroxylation is 2. The van der Waals surface area contributed by atoms with E-state index in [1.807, 2.05) is 19.9 Å². The number of aromatic nitrogens is 2. The Morgan fingerprint density at radius 3 is 2.60 bits per heavy atom. The molecule has 0 fully saturated rings. The van der Waals surface area contributed by atoms with Crippen molar-refractivity contribution in [3.63, 3.8) is 0 Å². The van der Waals surface area contributed by atoms with Gasteiger partial charge in [0, 0.05) is 17.5 Å². The van der Waals surface area contributed by atoms with Crippen LogP contribution in [0.1, 0.15) is 11.4 Å². The number of anilines is 1. The Kier molecular flexibility index (Phi) is 4.61. The molecule has 0 saturated carbocycles. The van der Waals surface area contributed by atoms with Crippen LogP contribution in [0.3, 0.4) is 0 Å². The molecule has 0 aliphatic carbocycles. The summed E-state index contributed by atoms with van der Waals surface area (Å²) in [7, 11) is 0. The van der Waals surface area contributed by atoms with Gasteiger partial charge in [0.05, 0.1) is 29.6 Å². The Hall–Kier alpha value is -2.64. The molecule has 2 aromatic rings. The molecule has 130 valence electrons. The Morgan fingerprint density at radius 2 is 2.00 bits per heavy atom. The summed E-state index contributed by atoms with van der Waals surface area (Å²) in [6.45, 7) is 3.53. The lowest BCUT2D eigenvalue weighted by molar-refractivity contribution is -0.137. The van der Waals surface area contributed by atoms with Gasteiger partial charge in [-0.05, 0) is 38.1 Å². The Morgan fingerprint density at radius 1 is 1.24 bits per heavy atom. The molecule has 1 aliphatic heterocycles. The third-order valence-electron chi connectivity index (χ3n) is 3.80. The van der Waals surface area contributed by atoms with Crippen LogP contribution in [0.2, 0.25) is 5.02 Å². The first-order chi connectivity index (χ1) is 11.9. The molecule has 0 spiro atoms. The van der Waals surface area contributed by atoms with Crippen molar-refractivity contribution in [2.45, 2.75) is 13.8 Å². The predicted molar refractivity (Wildman–Crippen MR) is 93.6 cm³/mol. The number of benzene rings is 1. The topological polar surface area (TPSA) is 87.5 Å². The Labute approximate surface area is 149 Å². The van der Waals surface area contributed by atoms with E-state index in [1.54, 1.807) is 22.9 Å². The van der Waals surface area contributed by atoms with Gasteiger partial charge in [-0.3, -0.25) is 14.5 Å². The van der Waals surface area contributed by atoms with E-state index < -0.39 is 11.8 Å². The Balaban J connectivity index is 1.83. The van der Waals surface area contributed by atoms with Crippen molar-refractivity contribution in [2.24, 2.45) is 0 Å². The van der Waals surface area contributed by atoms with Gasteiger partial charge >= 0.3 is 0 Å². The van der Waals surface area contributed by atoms with Gasteiger partial charge in [0.1, 0.15) is 5.70 Å². The van der Waals surface area contributed by atoms with Crippen LogP contribution in [-0.4, -0.2) is 44.8 Å². The molecule has 2 amide bonds. The molecule has 1 aromatic heterocycles. The lowest BCUT2D eigenvalue weighted by Crippen LogP contribution is -2.34. The maximum atomic E-state index is 12.1. The summed E-state index contributed by atoms with van der Waals surface area (Å²) in [6, 6.07) is 7.16. The summed E-state index contributed by atoms with van der Waals surface area (Å²) in [5.41, 5.74) is 3.29. The number of hydrogen-bond donors (Lipinski definition) is 2. The van der Waals surface area contributed by atoms with Crippen LogP contribution < -0.4 is 5.32 Å². The highest BCUT2D eigenvalue weighted by Gasteiger charge is 2.30. The third-order valence-corrected chi connectivity index (χ3v) is 4.10. The van der Waals surface area contributed by atoms with Crippen LogP contribution in [0.15, 0.2) is 36.0 Å². The average Bonchev–Trinajstić information content (AvgIpc) is 3.01. The van der Waals surface area contributed by atoms with E-state index in [9.17, 15) is 9.59 Å². The number of halogens is 1. The maximum absolute atomic E-state index is 12.1. The fourth-order valence-corrected chi connectivity index (χ4v) is 2.96. The van der Waals surface area contributed by atoms with E-state index >= 15 is 0 Å². The number of hydrogen-bond acceptors (Lipinski definition) is 5. The Bertz CT molecular complexity index is 888. The zero-order valence-electron chi connectivity index (χ0n) is 13.8. The first-order valence-corrected chi connectivity index (χ1v) is 8.07. The summed E-state index contributed by atoms with van der Waals surface area (Å²) in [5, 5.41) is 16.7. The fraction of sp³-hybridized carbons (Fsp3) is 0.235. The predicted octanol–water partition coefficient (Wildman–Crippen LogP) is 1.80. The molecule has 1 aliphatic rings. The number of nitrogens with one attached hydrogen (secondary N) is 1. The minimum Gasteiger partial charge on any atom is -0.395 e. The van der Waals surface area contributed by atoms with Gasteiger partial charge < -0.3 is 10.4 Å². The summed E-state index contributed by atoms with van der Waals surface area (Å²) in [4.78, 5) is 24.9. The molecular formula is C17H17ClN4O3. The number of β-amino-alcohol motifs (C(OH)–C–C–N with tert-alkyl or cyclic N) is 1. The molecule has 0 bridgehead atoms. The molecule has 1 aromatic carbocycles. The van der Waals surface area contributed by atoms with Gasteiger partial charge in [-0.2, -0.15) is 5.10 Å². The van der Waals surface area contributed by atoms with Gasteiger partial charge in [-0.1, -0.05) is 11.6 Å². The molecule has 2 N–H and O–H groups in total. The molecule has 0 saturated heterocycles. The SMILES string of the molecule is Cc1cc(C)n(-c2ccc(NC3=CC(=O)N(CCO)C3=O)cc2Cl)n1. The number of carbonyl (C=O) groups is 2. The molecule has 3 rings (SSSR count). The molecule has 7 nitrogen and oxygen atoms in total. The van der Waals surface area contributed by atoms with E-state index in [4.69, 9.17) is 16.7 Å². The number of aliphatic hydroxyl groups excluding tert-OH is 1. The van der Waals surface area contributed by atoms with Gasteiger partial charge in [0.25, 0.3) is 11.8 Å². The highest BCUT2D eigenvalue weighted by molar-refractivity contribution is 6.32. The second-order valence-electron chi connectivity index (χ2n) is 5.71. The van der Waals surface area contributed by atoms with Gasteiger partial charge in [-0.25, -0.2) is 4.68 Å². The first-order valence-electron chi connectivity index (χ1n) is 7.69. The summed E-state index contributed by atoms with van der Waals surface area (Å²) < 4.78 is 1.74. The normalized spacial score (nSPS) is 14.2. The minimum atomic E-state index is -0.474. The highest BCUT2D eigenvalue weighted by Crippen LogP contribution is 2.27. The van der Waals surface area contributed by atoms with Crippen molar-refractivity contribution in [2.75, 3.05) is 18.5 Å². The largest absolute Gasteiger partial charge is 0.395 e. The quantitative estimate of drug-likeness (QED) is 0.794.